The monoisotopic (exact) mass is 378 g/mol. The minimum atomic E-state index is 0.0862. The maximum Gasteiger partial charge on any atom is 0.255 e. The number of benzene rings is 1. The summed E-state index contributed by atoms with van der Waals surface area (Å²) < 4.78 is 0. The van der Waals surface area contributed by atoms with Crippen LogP contribution in [0.5, 0.6) is 0 Å². The molecule has 0 radical (unpaired) electrons. The van der Waals surface area contributed by atoms with Gasteiger partial charge in [0.1, 0.15) is 0 Å². The van der Waals surface area contributed by atoms with Crippen LogP contribution in [0, 0.1) is 5.92 Å². The van der Waals surface area contributed by atoms with Gasteiger partial charge in [-0.05, 0) is 68.4 Å². The van der Waals surface area contributed by atoms with E-state index in [0.717, 1.165) is 44.0 Å². The minimum absolute atomic E-state index is 0.0862. The van der Waals surface area contributed by atoms with Gasteiger partial charge in [-0.2, -0.15) is 0 Å². The third-order valence-electron chi connectivity index (χ3n) is 5.81. The van der Waals surface area contributed by atoms with Crippen molar-refractivity contribution < 1.29 is 4.79 Å². The van der Waals surface area contributed by atoms with Gasteiger partial charge in [0, 0.05) is 43.8 Å². The van der Waals surface area contributed by atoms with Gasteiger partial charge in [-0.1, -0.05) is 6.92 Å². The van der Waals surface area contributed by atoms with Crippen molar-refractivity contribution in [2.75, 3.05) is 36.4 Å². The van der Waals surface area contributed by atoms with E-state index in [1.54, 1.807) is 12.4 Å². The van der Waals surface area contributed by atoms with Gasteiger partial charge in [-0.25, -0.2) is 0 Å². The zero-order valence-electron chi connectivity index (χ0n) is 16.7. The second-order valence-corrected chi connectivity index (χ2v) is 8.18. The number of piperidine rings is 2. The van der Waals surface area contributed by atoms with Crippen LogP contribution in [0.15, 0.2) is 42.7 Å². The van der Waals surface area contributed by atoms with Crippen LogP contribution in [0.2, 0.25) is 0 Å². The Hall–Kier alpha value is -2.56. The molecule has 1 atom stereocenters. The Morgan fingerprint density at radius 2 is 1.79 bits per heavy atom. The second kappa shape index (κ2) is 8.63. The first-order chi connectivity index (χ1) is 13.7. The minimum Gasteiger partial charge on any atom is -0.372 e. The number of carbonyl (C=O) groups is 1. The summed E-state index contributed by atoms with van der Waals surface area (Å²) in [4.78, 5) is 21.5. The molecule has 148 valence electrons. The molecule has 1 aromatic carbocycles. The molecule has 1 aromatic heterocycles. The van der Waals surface area contributed by atoms with Crippen LogP contribution in [0.1, 0.15) is 49.4 Å². The summed E-state index contributed by atoms with van der Waals surface area (Å²) in [6.07, 6.45) is 9.64. The molecule has 2 saturated heterocycles. The molecule has 1 amide bonds. The highest BCUT2D eigenvalue weighted by atomic mass is 16.2. The molecule has 0 spiro atoms. The Bertz CT molecular complexity index is 799. The number of amides is 1. The third-order valence-corrected chi connectivity index (χ3v) is 5.81. The molecule has 0 aliphatic carbocycles. The second-order valence-electron chi connectivity index (χ2n) is 8.18. The Morgan fingerprint density at radius 3 is 2.54 bits per heavy atom. The van der Waals surface area contributed by atoms with Gasteiger partial charge in [0.25, 0.3) is 5.91 Å². The van der Waals surface area contributed by atoms with Crippen molar-refractivity contribution in [3.05, 3.63) is 48.3 Å². The fraction of sp³-hybridized carbons (Fsp3) is 0.478. The van der Waals surface area contributed by atoms with Crippen LogP contribution >= 0.6 is 0 Å². The van der Waals surface area contributed by atoms with E-state index >= 15 is 0 Å². The number of rotatable bonds is 4. The summed E-state index contributed by atoms with van der Waals surface area (Å²) in [5.74, 6) is 0.661. The van der Waals surface area contributed by atoms with E-state index in [9.17, 15) is 4.79 Å². The van der Waals surface area contributed by atoms with Crippen LogP contribution in [0.3, 0.4) is 0 Å². The number of pyridine rings is 1. The average molecular weight is 379 g/mol. The van der Waals surface area contributed by atoms with Crippen LogP contribution in [0.4, 0.5) is 17.1 Å². The summed E-state index contributed by atoms with van der Waals surface area (Å²) in [5, 5.41) is 3.39. The van der Waals surface area contributed by atoms with Gasteiger partial charge in [0.15, 0.2) is 0 Å². The first-order valence-electron chi connectivity index (χ1n) is 10.6. The fourth-order valence-electron chi connectivity index (χ4n) is 4.26. The predicted molar refractivity (Wildman–Crippen MR) is 114 cm³/mol. The predicted octanol–water partition coefficient (Wildman–Crippen LogP) is 4.69. The van der Waals surface area contributed by atoms with E-state index in [0.29, 0.717) is 11.5 Å². The van der Waals surface area contributed by atoms with Gasteiger partial charge in [0.2, 0.25) is 0 Å². The fourth-order valence-corrected chi connectivity index (χ4v) is 4.26. The van der Waals surface area contributed by atoms with Crippen LogP contribution in [0.25, 0.3) is 0 Å². The van der Waals surface area contributed by atoms with Crippen molar-refractivity contribution in [1.82, 2.24) is 9.88 Å². The van der Waals surface area contributed by atoms with E-state index in [1.165, 1.54) is 31.4 Å². The highest BCUT2D eigenvalue weighted by Crippen LogP contribution is 2.24. The Labute approximate surface area is 167 Å². The molecule has 4 rings (SSSR count). The molecule has 2 fully saturated rings. The molecule has 0 bridgehead atoms. The van der Waals surface area contributed by atoms with Gasteiger partial charge in [0.05, 0.1) is 17.4 Å². The lowest BCUT2D eigenvalue weighted by atomic mass is 10.00. The molecule has 0 saturated carbocycles. The van der Waals surface area contributed by atoms with Crippen molar-refractivity contribution in [2.45, 2.75) is 39.0 Å². The third kappa shape index (κ3) is 4.46. The molecule has 1 N–H and O–H groups in total. The Kier molecular flexibility index (Phi) is 5.79. The SMILES string of the molecule is CC1CCCN(C(=O)c2cncc(Nc3ccc(N4CCCCC4)cc3)c2)C1. The topological polar surface area (TPSA) is 48.5 Å². The summed E-state index contributed by atoms with van der Waals surface area (Å²) in [6.45, 7) is 6.20. The molecule has 1 unspecified atom stereocenters. The highest BCUT2D eigenvalue weighted by Gasteiger charge is 2.22. The number of carbonyl (C=O) groups excluding carboxylic acids is 1. The molecular formula is C23H30N4O. The molecule has 3 heterocycles. The molecule has 2 aliphatic rings. The summed E-state index contributed by atoms with van der Waals surface area (Å²) in [6, 6.07) is 10.5. The zero-order chi connectivity index (χ0) is 19.3. The number of hydrogen-bond acceptors (Lipinski definition) is 4. The standard InChI is InChI=1S/C23H30N4O/c1-18-6-5-13-27(17-18)23(28)19-14-21(16-24-15-19)25-20-7-9-22(10-8-20)26-11-3-2-4-12-26/h7-10,14-16,18,25H,2-6,11-13,17H2,1H3. The lowest BCUT2D eigenvalue weighted by Gasteiger charge is -2.31. The van der Waals surface area contributed by atoms with Crippen LogP contribution in [-0.4, -0.2) is 42.0 Å². The summed E-state index contributed by atoms with van der Waals surface area (Å²) in [7, 11) is 0. The number of nitrogens with zero attached hydrogens (tertiary/aromatic N) is 3. The summed E-state index contributed by atoms with van der Waals surface area (Å²) in [5.41, 5.74) is 3.80. The molecule has 2 aliphatic heterocycles. The normalized spacial score (nSPS) is 20.1. The molecule has 28 heavy (non-hydrogen) atoms. The number of nitrogens with one attached hydrogen (secondary N) is 1. The van der Waals surface area contributed by atoms with E-state index in [-0.39, 0.29) is 5.91 Å². The van der Waals surface area contributed by atoms with Crippen LogP contribution in [-0.2, 0) is 0 Å². The zero-order valence-corrected chi connectivity index (χ0v) is 16.7. The van der Waals surface area contributed by atoms with Crippen molar-refractivity contribution in [3.8, 4) is 0 Å². The van der Waals surface area contributed by atoms with Crippen molar-refractivity contribution in [1.29, 1.82) is 0 Å². The number of hydrogen-bond donors (Lipinski definition) is 1. The van der Waals surface area contributed by atoms with Crippen molar-refractivity contribution in [3.63, 3.8) is 0 Å². The highest BCUT2D eigenvalue weighted by molar-refractivity contribution is 5.95. The van der Waals surface area contributed by atoms with E-state index < -0.39 is 0 Å². The lowest BCUT2D eigenvalue weighted by Crippen LogP contribution is -2.39. The van der Waals surface area contributed by atoms with Gasteiger partial charge >= 0.3 is 0 Å². The molecular weight excluding hydrogens is 348 g/mol. The quantitative estimate of drug-likeness (QED) is 0.839. The van der Waals surface area contributed by atoms with Crippen molar-refractivity contribution in [2.24, 2.45) is 5.92 Å². The van der Waals surface area contributed by atoms with Gasteiger partial charge in [-0.15, -0.1) is 0 Å². The maximum absolute atomic E-state index is 12.8. The summed E-state index contributed by atoms with van der Waals surface area (Å²) >= 11 is 0. The van der Waals surface area contributed by atoms with E-state index in [4.69, 9.17) is 0 Å². The number of likely N-dealkylation sites (tertiary alicyclic amines) is 1. The van der Waals surface area contributed by atoms with E-state index in [2.05, 4.69) is 46.4 Å². The van der Waals surface area contributed by atoms with Gasteiger partial charge < -0.3 is 15.1 Å². The maximum atomic E-state index is 12.8. The molecule has 2 aromatic rings. The molecule has 5 heteroatoms. The first kappa shape index (κ1) is 18.8. The lowest BCUT2D eigenvalue weighted by molar-refractivity contribution is 0.0682. The van der Waals surface area contributed by atoms with Crippen molar-refractivity contribution >= 4 is 23.0 Å². The number of anilines is 3. The largest absolute Gasteiger partial charge is 0.372 e. The average Bonchev–Trinajstić information content (AvgIpc) is 2.75. The number of aromatic nitrogens is 1. The van der Waals surface area contributed by atoms with Crippen LogP contribution < -0.4 is 10.2 Å². The first-order valence-corrected chi connectivity index (χ1v) is 10.6. The molecule has 5 nitrogen and oxygen atoms in total. The smallest absolute Gasteiger partial charge is 0.255 e. The Balaban J connectivity index is 1.42. The van der Waals surface area contributed by atoms with Gasteiger partial charge in [-0.3, -0.25) is 9.78 Å². The Morgan fingerprint density at radius 1 is 1.00 bits per heavy atom. The van der Waals surface area contributed by atoms with E-state index in [1.807, 2.05) is 11.0 Å².